The minimum atomic E-state index is -0.746. The average molecular weight is 354 g/mol. The number of para-hydroxylation sites is 2. The van der Waals surface area contributed by atoms with E-state index in [-0.39, 0.29) is 24.1 Å². The maximum absolute atomic E-state index is 11.6. The Hall–Kier alpha value is -2.39. The van der Waals surface area contributed by atoms with E-state index in [4.69, 9.17) is 9.47 Å². The third-order valence-electron chi connectivity index (χ3n) is 4.01. The molecule has 2 N–H and O–H groups in total. The number of carbonyl (C=O) groups is 1. The first-order valence-corrected chi connectivity index (χ1v) is 8.30. The van der Waals surface area contributed by atoms with Gasteiger partial charge >= 0.3 is 11.8 Å². The number of ether oxygens (including phenoxy) is 2. The van der Waals surface area contributed by atoms with Crippen molar-refractivity contribution >= 4 is 11.8 Å². The van der Waals surface area contributed by atoms with Crippen molar-refractivity contribution in [3.05, 3.63) is 34.4 Å². The molecular weight excluding hydrogens is 330 g/mol. The van der Waals surface area contributed by atoms with E-state index in [1.54, 1.807) is 24.0 Å². The molecule has 138 valence electrons. The van der Waals surface area contributed by atoms with Crippen LogP contribution in [-0.4, -0.2) is 73.1 Å². The van der Waals surface area contributed by atoms with Crippen molar-refractivity contribution in [1.29, 1.82) is 0 Å². The molecule has 0 bridgehead atoms. The van der Waals surface area contributed by atoms with E-state index in [1.165, 1.54) is 12.1 Å². The van der Waals surface area contributed by atoms with Gasteiger partial charge in [-0.15, -0.1) is 0 Å². The van der Waals surface area contributed by atoms with E-state index in [0.29, 0.717) is 39.3 Å². The molecule has 1 aliphatic rings. The summed E-state index contributed by atoms with van der Waals surface area (Å²) >= 11 is 0. The monoisotopic (exact) mass is 354 g/mol. The molecule has 1 heterocycles. The van der Waals surface area contributed by atoms with Crippen molar-refractivity contribution < 1.29 is 29.2 Å². The van der Waals surface area contributed by atoms with E-state index in [1.807, 2.05) is 0 Å². The summed E-state index contributed by atoms with van der Waals surface area (Å²) in [4.78, 5) is 24.9. The van der Waals surface area contributed by atoms with Gasteiger partial charge in [-0.05, 0) is 13.0 Å². The van der Waals surface area contributed by atoms with Crippen molar-refractivity contribution in [2.45, 2.75) is 13.0 Å². The smallest absolute Gasteiger partial charge is 0.410 e. The lowest BCUT2D eigenvalue weighted by atomic mass is 10.2. The zero-order valence-electron chi connectivity index (χ0n) is 14.2. The average Bonchev–Trinajstić information content (AvgIpc) is 2.61. The van der Waals surface area contributed by atoms with Gasteiger partial charge in [-0.2, -0.15) is 0 Å². The maximum Gasteiger partial charge on any atom is 0.410 e. The van der Waals surface area contributed by atoms with Crippen molar-refractivity contribution in [3.8, 4) is 5.75 Å². The standard InChI is InChI=1S/C16H23N3O6/c1-2-24-16(21)18-9-7-17(8-10-18)11-13(20)12-25-15-6-4-3-5-14(15)19(22)23/h3-6,13,20H,2,7-12H2,1H3/p+1/t13-/m0/s1. The van der Waals surface area contributed by atoms with Crippen molar-refractivity contribution in [1.82, 2.24) is 4.90 Å². The second-order valence-corrected chi connectivity index (χ2v) is 5.83. The topological polar surface area (TPSA) is 107 Å². The fraction of sp³-hybridized carbons (Fsp3) is 0.562. The Balaban J connectivity index is 1.76. The number of hydrogen-bond donors (Lipinski definition) is 2. The highest BCUT2D eigenvalue weighted by atomic mass is 16.6. The van der Waals surface area contributed by atoms with Crippen LogP contribution in [0.5, 0.6) is 5.75 Å². The van der Waals surface area contributed by atoms with Crippen LogP contribution >= 0.6 is 0 Å². The fourth-order valence-corrected chi connectivity index (χ4v) is 2.73. The second kappa shape index (κ2) is 9.19. The Morgan fingerprint density at radius 3 is 2.72 bits per heavy atom. The first kappa shape index (κ1) is 18.9. The van der Waals surface area contributed by atoms with Gasteiger partial charge in [-0.25, -0.2) is 4.79 Å². The molecule has 1 aliphatic heterocycles. The second-order valence-electron chi connectivity index (χ2n) is 5.83. The summed E-state index contributed by atoms with van der Waals surface area (Å²) in [6, 6.07) is 6.08. The van der Waals surface area contributed by atoms with E-state index >= 15 is 0 Å². The molecule has 1 fully saturated rings. The summed E-state index contributed by atoms with van der Waals surface area (Å²) in [6.45, 7) is 5.13. The molecule has 9 heteroatoms. The number of rotatable bonds is 7. The molecule has 0 saturated carbocycles. The van der Waals surface area contributed by atoms with Crippen molar-refractivity contribution in [2.24, 2.45) is 0 Å². The molecule has 0 radical (unpaired) electrons. The van der Waals surface area contributed by atoms with Gasteiger partial charge in [0.1, 0.15) is 19.3 Å². The Labute approximate surface area is 145 Å². The molecule has 1 aromatic rings. The number of nitro benzene ring substituents is 1. The molecular formula is C16H24N3O6+. The highest BCUT2D eigenvalue weighted by molar-refractivity contribution is 5.67. The number of amides is 1. The van der Waals surface area contributed by atoms with Crippen LogP contribution in [0.3, 0.4) is 0 Å². The molecule has 0 unspecified atom stereocenters. The zero-order valence-corrected chi connectivity index (χ0v) is 14.2. The van der Waals surface area contributed by atoms with Gasteiger partial charge in [0.2, 0.25) is 0 Å². The van der Waals surface area contributed by atoms with Crippen LogP contribution in [0.1, 0.15) is 6.92 Å². The summed E-state index contributed by atoms with van der Waals surface area (Å²) in [5.74, 6) is 0.147. The third-order valence-corrected chi connectivity index (χ3v) is 4.01. The molecule has 9 nitrogen and oxygen atoms in total. The minimum Gasteiger partial charge on any atom is -0.484 e. The van der Waals surface area contributed by atoms with Crippen molar-refractivity contribution in [3.63, 3.8) is 0 Å². The number of piperazine rings is 1. The summed E-state index contributed by atoms with van der Waals surface area (Å²) < 4.78 is 10.4. The lowest BCUT2D eigenvalue weighted by Crippen LogP contribution is -3.16. The number of carbonyl (C=O) groups excluding carboxylic acids is 1. The Bertz CT molecular complexity index is 589. The van der Waals surface area contributed by atoms with Crippen LogP contribution in [0, 0.1) is 10.1 Å². The molecule has 0 spiro atoms. The van der Waals surface area contributed by atoms with Crippen molar-refractivity contribution in [2.75, 3.05) is 45.9 Å². The zero-order chi connectivity index (χ0) is 18.2. The summed E-state index contributed by atoms with van der Waals surface area (Å²) in [7, 11) is 0. The molecule has 1 amide bonds. The summed E-state index contributed by atoms with van der Waals surface area (Å²) in [5.41, 5.74) is -0.120. The highest BCUT2D eigenvalue weighted by Crippen LogP contribution is 2.25. The van der Waals surface area contributed by atoms with Gasteiger partial charge in [0.15, 0.2) is 5.75 Å². The van der Waals surface area contributed by atoms with E-state index in [2.05, 4.69) is 0 Å². The summed E-state index contributed by atoms with van der Waals surface area (Å²) in [6.07, 6.45) is -1.05. The normalized spacial score (nSPS) is 16.3. The molecule has 1 aromatic carbocycles. The largest absolute Gasteiger partial charge is 0.484 e. The molecule has 1 saturated heterocycles. The predicted molar refractivity (Wildman–Crippen MR) is 88.8 cm³/mol. The Morgan fingerprint density at radius 2 is 2.08 bits per heavy atom. The van der Waals surface area contributed by atoms with E-state index < -0.39 is 11.0 Å². The van der Waals surface area contributed by atoms with E-state index in [0.717, 1.165) is 4.90 Å². The number of nitrogens with zero attached hydrogens (tertiary/aromatic N) is 2. The molecule has 0 aliphatic carbocycles. The Morgan fingerprint density at radius 1 is 1.40 bits per heavy atom. The highest BCUT2D eigenvalue weighted by Gasteiger charge is 2.26. The molecule has 25 heavy (non-hydrogen) atoms. The number of benzene rings is 1. The van der Waals surface area contributed by atoms with E-state index in [9.17, 15) is 20.0 Å². The van der Waals surface area contributed by atoms with Gasteiger partial charge in [0.05, 0.1) is 37.7 Å². The summed E-state index contributed by atoms with van der Waals surface area (Å²) in [5, 5.41) is 21.1. The van der Waals surface area contributed by atoms with Gasteiger partial charge < -0.3 is 19.5 Å². The molecule has 2 rings (SSSR count). The number of nitrogens with one attached hydrogen (secondary N) is 1. The van der Waals surface area contributed by atoms with Crippen LogP contribution in [-0.2, 0) is 4.74 Å². The minimum absolute atomic E-state index is 0.0179. The predicted octanol–water partition coefficient (Wildman–Crippen LogP) is -0.308. The molecule has 0 aromatic heterocycles. The number of aliphatic hydroxyl groups is 1. The van der Waals surface area contributed by atoms with Crippen LogP contribution in [0.2, 0.25) is 0 Å². The lowest BCUT2D eigenvalue weighted by Gasteiger charge is -2.32. The van der Waals surface area contributed by atoms with Crippen LogP contribution < -0.4 is 9.64 Å². The third kappa shape index (κ3) is 5.57. The molecule has 1 atom stereocenters. The van der Waals surface area contributed by atoms with Gasteiger partial charge in [-0.1, -0.05) is 12.1 Å². The maximum atomic E-state index is 11.6. The first-order chi connectivity index (χ1) is 12.0. The number of nitro groups is 1. The quantitative estimate of drug-likeness (QED) is 0.514. The van der Waals surface area contributed by atoms with Crippen LogP contribution in [0.15, 0.2) is 24.3 Å². The van der Waals surface area contributed by atoms with Crippen LogP contribution in [0.25, 0.3) is 0 Å². The van der Waals surface area contributed by atoms with Crippen LogP contribution in [0.4, 0.5) is 10.5 Å². The number of aliphatic hydroxyl groups excluding tert-OH is 1. The lowest BCUT2D eigenvalue weighted by molar-refractivity contribution is -0.907. The SMILES string of the molecule is CCOC(=O)N1CC[NH+](C[C@H](O)COc2ccccc2[N+](=O)[O-])CC1. The van der Waals surface area contributed by atoms with Gasteiger partial charge in [0, 0.05) is 6.07 Å². The Kier molecular flexibility index (Phi) is 6.96. The van der Waals surface area contributed by atoms with Gasteiger partial charge in [0.25, 0.3) is 0 Å². The van der Waals surface area contributed by atoms with Gasteiger partial charge in [-0.3, -0.25) is 15.0 Å². The fourth-order valence-electron chi connectivity index (χ4n) is 2.73. The number of quaternary nitrogens is 1. The first-order valence-electron chi connectivity index (χ1n) is 8.30. The number of hydrogen-bond acceptors (Lipinski definition) is 6.